The number of aryl methyl sites for hydroxylation is 2. The van der Waals surface area contributed by atoms with E-state index in [0.717, 1.165) is 5.69 Å². The van der Waals surface area contributed by atoms with Crippen molar-refractivity contribution in [2.75, 3.05) is 6.54 Å². The molecule has 1 N–H and O–H groups in total. The molecule has 1 aromatic rings. The first-order chi connectivity index (χ1) is 8.88. The number of nitrogens with one attached hydrogen (secondary N) is 1. The molecule has 0 aromatic carbocycles. The first-order valence-corrected chi connectivity index (χ1v) is 7.11. The van der Waals surface area contributed by atoms with Gasteiger partial charge in [0.05, 0.1) is 5.69 Å². The third kappa shape index (κ3) is 3.82. The van der Waals surface area contributed by atoms with Crippen LogP contribution in [0.25, 0.3) is 0 Å². The molecule has 0 atom stereocenters. The molecule has 4 heteroatoms. The lowest BCUT2D eigenvalue weighted by Gasteiger charge is -2.25. The standard InChI is InChI=1S/C15H26N2O2/c1-7-13-14(11(6)19-17-13)15(18)16-8-12(9(2)3)10(4)5/h9-10,12H,7-8H2,1-6H3,(H,16,18). The van der Waals surface area contributed by atoms with Gasteiger partial charge in [0.25, 0.3) is 5.91 Å². The molecule has 19 heavy (non-hydrogen) atoms. The number of hydrogen-bond donors (Lipinski definition) is 1. The van der Waals surface area contributed by atoms with Crippen LogP contribution in [0.5, 0.6) is 0 Å². The van der Waals surface area contributed by atoms with Gasteiger partial charge in [-0.25, -0.2) is 0 Å². The Balaban J connectivity index is 2.72. The molecule has 0 radical (unpaired) electrons. The Morgan fingerprint density at radius 2 is 1.84 bits per heavy atom. The lowest BCUT2D eigenvalue weighted by molar-refractivity contribution is 0.0935. The molecule has 1 amide bonds. The van der Waals surface area contributed by atoms with Crippen molar-refractivity contribution in [3.8, 4) is 0 Å². The molecule has 0 fully saturated rings. The summed E-state index contributed by atoms with van der Waals surface area (Å²) in [6.45, 7) is 13.2. The van der Waals surface area contributed by atoms with Crippen LogP contribution < -0.4 is 5.32 Å². The van der Waals surface area contributed by atoms with Gasteiger partial charge in [-0.1, -0.05) is 39.8 Å². The number of amides is 1. The van der Waals surface area contributed by atoms with Crippen molar-refractivity contribution < 1.29 is 9.32 Å². The van der Waals surface area contributed by atoms with Gasteiger partial charge in [0.1, 0.15) is 11.3 Å². The quantitative estimate of drug-likeness (QED) is 0.860. The molecule has 0 aliphatic carbocycles. The fourth-order valence-electron chi connectivity index (χ4n) is 2.49. The van der Waals surface area contributed by atoms with Gasteiger partial charge in [-0.15, -0.1) is 0 Å². The highest BCUT2D eigenvalue weighted by atomic mass is 16.5. The van der Waals surface area contributed by atoms with Crippen molar-refractivity contribution in [1.29, 1.82) is 0 Å². The SMILES string of the molecule is CCc1noc(C)c1C(=O)NCC(C(C)C)C(C)C. The molecule has 1 rings (SSSR count). The summed E-state index contributed by atoms with van der Waals surface area (Å²) < 4.78 is 5.10. The Morgan fingerprint density at radius 3 is 2.32 bits per heavy atom. The Morgan fingerprint density at radius 1 is 1.26 bits per heavy atom. The zero-order valence-electron chi connectivity index (χ0n) is 12.9. The first kappa shape index (κ1) is 15.7. The van der Waals surface area contributed by atoms with E-state index >= 15 is 0 Å². The van der Waals surface area contributed by atoms with Crippen LogP contribution in [0, 0.1) is 24.7 Å². The molecule has 0 unspecified atom stereocenters. The van der Waals surface area contributed by atoms with E-state index in [9.17, 15) is 4.79 Å². The summed E-state index contributed by atoms with van der Waals surface area (Å²) in [5.74, 6) is 2.11. The lowest BCUT2D eigenvalue weighted by atomic mass is 9.85. The molecule has 0 aliphatic heterocycles. The Hall–Kier alpha value is -1.32. The number of carbonyl (C=O) groups excluding carboxylic acids is 1. The van der Waals surface area contributed by atoms with E-state index in [-0.39, 0.29) is 5.91 Å². The number of aromatic nitrogens is 1. The van der Waals surface area contributed by atoms with Crippen LogP contribution >= 0.6 is 0 Å². The Labute approximate surface area is 115 Å². The van der Waals surface area contributed by atoms with Crippen LogP contribution in [-0.4, -0.2) is 17.6 Å². The molecule has 0 saturated carbocycles. The number of nitrogens with zero attached hydrogens (tertiary/aromatic N) is 1. The van der Waals surface area contributed by atoms with Crippen molar-refractivity contribution in [3.63, 3.8) is 0 Å². The highest BCUT2D eigenvalue weighted by Crippen LogP contribution is 2.20. The maximum atomic E-state index is 12.2. The van der Waals surface area contributed by atoms with E-state index in [4.69, 9.17) is 4.52 Å². The maximum absolute atomic E-state index is 12.2. The van der Waals surface area contributed by atoms with Gasteiger partial charge >= 0.3 is 0 Å². The molecular weight excluding hydrogens is 240 g/mol. The minimum Gasteiger partial charge on any atom is -0.361 e. The van der Waals surface area contributed by atoms with Crippen LogP contribution in [0.4, 0.5) is 0 Å². The summed E-state index contributed by atoms with van der Waals surface area (Å²) in [5.41, 5.74) is 1.34. The second kappa shape index (κ2) is 6.73. The number of rotatable bonds is 6. The Kier molecular flexibility index (Phi) is 5.58. The van der Waals surface area contributed by atoms with Crippen molar-refractivity contribution in [3.05, 3.63) is 17.0 Å². The zero-order chi connectivity index (χ0) is 14.6. The molecule has 4 nitrogen and oxygen atoms in total. The summed E-state index contributed by atoms with van der Waals surface area (Å²) in [7, 11) is 0. The van der Waals surface area contributed by atoms with Crippen LogP contribution in [0.3, 0.4) is 0 Å². The van der Waals surface area contributed by atoms with Crippen molar-refractivity contribution in [1.82, 2.24) is 10.5 Å². The average Bonchev–Trinajstić information content (AvgIpc) is 2.69. The monoisotopic (exact) mass is 266 g/mol. The molecule has 0 saturated heterocycles. The van der Waals surface area contributed by atoms with E-state index in [1.165, 1.54) is 0 Å². The second-order valence-corrected chi connectivity index (χ2v) is 5.78. The van der Waals surface area contributed by atoms with E-state index in [0.29, 0.717) is 42.0 Å². The summed E-state index contributed by atoms with van der Waals surface area (Å²) in [6, 6.07) is 0. The van der Waals surface area contributed by atoms with E-state index in [2.05, 4.69) is 38.2 Å². The van der Waals surface area contributed by atoms with Crippen LogP contribution in [0.2, 0.25) is 0 Å². The number of hydrogen-bond acceptors (Lipinski definition) is 3. The van der Waals surface area contributed by atoms with Crippen molar-refractivity contribution >= 4 is 5.91 Å². The van der Waals surface area contributed by atoms with Crippen LogP contribution in [-0.2, 0) is 6.42 Å². The van der Waals surface area contributed by atoms with E-state index in [1.54, 1.807) is 6.92 Å². The smallest absolute Gasteiger partial charge is 0.256 e. The third-order valence-electron chi connectivity index (χ3n) is 3.71. The molecule has 0 aliphatic rings. The number of carbonyl (C=O) groups is 1. The van der Waals surface area contributed by atoms with Crippen molar-refractivity contribution in [2.24, 2.45) is 17.8 Å². The third-order valence-corrected chi connectivity index (χ3v) is 3.71. The van der Waals surface area contributed by atoms with Gasteiger partial charge in [0, 0.05) is 6.54 Å². The summed E-state index contributed by atoms with van der Waals surface area (Å²) in [5, 5.41) is 6.94. The van der Waals surface area contributed by atoms with E-state index < -0.39 is 0 Å². The molecule has 0 spiro atoms. The molecule has 0 bridgehead atoms. The van der Waals surface area contributed by atoms with Gasteiger partial charge in [-0.2, -0.15) is 0 Å². The fraction of sp³-hybridized carbons (Fsp3) is 0.733. The lowest BCUT2D eigenvalue weighted by Crippen LogP contribution is -2.34. The minimum absolute atomic E-state index is 0.0677. The van der Waals surface area contributed by atoms with Crippen molar-refractivity contribution in [2.45, 2.75) is 48.0 Å². The maximum Gasteiger partial charge on any atom is 0.256 e. The van der Waals surface area contributed by atoms with Crippen LogP contribution in [0.1, 0.15) is 56.4 Å². The molecule has 1 aromatic heterocycles. The topological polar surface area (TPSA) is 55.1 Å². The predicted octanol–water partition coefficient (Wildman–Crippen LogP) is 3.20. The predicted molar refractivity (Wildman–Crippen MR) is 76.1 cm³/mol. The van der Waals surface area contributed by atoms with Gasteiger partial charge < -0.3 is 9.84 Å². The van der Waals surface area contributed by atoms with Gasteiger partial charge in [0.15, 0.2) is 0 Å². The second-order valence-electron chi connectivity index (χ2n) is 5.78. The normalized spacial score (nSPS) is 11.6. The van der Waals surface area contributed by atoms with Gasteiger partial charge in [-0.3, -0.25) is 4.79 Å². The molecule has 1 heterocycles. The summed E-state index contributed by atoms with van der Waals surface area (Å²) in [6.07, 6.45) is 0.706. The minimum atomic E-state index is -0.0677. The van der Waals surface area contributed by atoms with Crippen LogP contribution in [0.15, 0.2) is 4.52 Å². The summed E-state index contributed by atoms with van der Waals surface area (Å²) in [4.78, 5) is 12.2. The summed E-state index contributed by atoms with van der Waals surface area (Å²) >= 11 is 0. The Bertz CT molecular complexity index is 414. The average molecular weight is 266 g/mol. The molecule has 108 valence electrons. The largest absolute Gasteiger partial charge is 0.361 e. The van der Waals surface area contributed by atoms with Gasteiger partial charge in [-0.05, 0) is 31.1 Å². The highest BCUT2D eigenvalue weighted by molar-refractivity contribution is 5.96. The zero-order valence-corrected chi connectivity index (χ0v) is 12.9. The fourth-order valence-corrected chi connectivity index (χ4v) is 2.49. The highest BCUT2D eigenvalue weighted by Gasteiger charge is 2.22. The van der Waals surface area contributed by atoms with E-state index in [1.807, 2.05) is 6.92 Å². The first-order valence-electron chi connectivity index (χ1n) is 7.11. The molecular formula is C15H26N2O2. The van der Waals surface area contributed by atoms with Gasteiger partial charge in [0.2, 0.25) is 0 Å².